The molecule has 5 nitrogen and oxygen atoms in total. The number of anilines is 2. The lowest BCUT2D eigenvalue weighted by molar-refractivity contribution is 0.108. The molecular formula is C23H30N4OS. The van der Waals surface area contributed by atoms with E-state index in [-0.39, 0.29) is 6.03 Å². The average Bonchev–Trinajstić information content (AvgIpc) is 2.80. The first-order valence-corrected chi connectivity index (χ1v) is 11.7. The number of hydrogen-bond acceptors (Lipinski definition) is 4. The highest BCUT2D eigenvalue weighted by molar-refractivity contribution is 7.98. The van der Waals surface area contributed by atoms with Crippen LogP contribution in [0, 0.1) is 0 Å². The number of nitrogens with one attached hydrogen (secondary N) is 1. The van der Waals surface area contributed by atoms with Crippen LogP contribution in [0.3, 0.4) is 0 Å². The molecule has 154 valence electrons. The van der Waals surface area contributed by atoms with E-state index in [1.165, 1.54) is 17.0 Å². The van der Waals surface area contributed by atoms with Crippen molar-refractivity contribution in [1.82, 2.24) is 9.80 Å². The van der Waals surface area contributed by atoms with Gasteiger partial charge in [-0.25, -0.2) is 4.79 Å². The number of hydrogen-bond donors (Lipinski definition) is 1. The molecule has 2 aliphatic rings. The van der Waals surface area contributed by atoms with E-state index in [9.17, 15) is 4.79 Å². The number of benzene rings is 2. The van der Waals surface area contributed by atoms with E-state index in [0.29, 0.717) is 6.04 Å². The largest absolute Gasteiger partial charge is 0.369 e. The molecule has 0 aromatic heterocycles. The lowest BCUT2D eigenvalue weighted by Crippen LogP contribution is -2.56. The first-order chi connectivity index (χ1) is 14.2. The maximum absolute atomic E-state index is 12.8. The number of piperazine rings is 1. The van der Waals surface area contributed by atoms with E-state index in [4.69, 9.17) is 0 Å². The van der Waals surface area contributed by atoms with Crippen LogP contribution in [-0.2, 0) is 0 Å². The first kappa shape index (κ1) is 20.1. The first-order valence-electron chi connectivity index (χ1n) is 10.5. The normalized spacial score (nSPS) is 20.5. The van der Waals surface area contributed by atoms with Gasteiger partial charge in [-0.3, -0.25) is 4.90 Å². The Kier molecular flexibility index (Phi) is 6.62. The van der Waals surface area contributed by atoms with Crippen LogP contribution < -0.4 is 10.2 Å². The van der Waals surface area contributed by atoms with Crippen molar-refractivity contribution in [2.24, 2.45) is 0 Å². The molecule has 6 heteroatoms. The van der Waals surface area contributed by atoms with Gasteiger partial charge in [0, 0.05) is 61.6 Å². The van der Waals surface area contributed by atoms with Crippen LogP contribution in [0.2, 0.25) is 0 Å². The minimum Gasteiger partial charge on any atom is -0.369 e. The predicted octanol–water partition coefficient (Wildman–Crippen LogP) is 4.23. The molecule has 1 N–H and O–H groups in total. The number of nitrogens with zero attached hydrogens (tertiary/aromatic N) is 3. The highest BCUT2D eigenvalue weighted by Crippen LogP contribution is 2.22. The summed E-state index contributed by atoms with van der Waals surface area (Å²) in [5, 5.41) is 3.07. The van der Waals surface area contributed by atoms with Gasteiger partial charge in [-0.2, -0.15) is 0 Å². The fourth-order valence-electron chi connectivity index (χ4n) is 4.30. The van der Waals surface area contributed by atoms with Crippen molar-refractivity contribution in [1.29, 1.82) is 0 Å². The summed E-state index contributed by atoms with van der Waals surface area (Å²) in [4.78, 5) is 21.0. The Bertz CT molecular complexity index is 790. The molecule has 2 amide bonds. The van der Waals surface area contributed by atoms with Crippen LogP contribution in [0.5, 0.6) is 0 Å². The Morgan fingerprint density at radius 1 is 0.966 bits per heavy atom. The van der Waals surface area contributed by atoms with Crippen molar-refractivity contribution in [2.75, 3.05) is 55.7 Å². The Labute approximate surface area is 178 Å². The number of rotatable bonds is 4. The van der Waals surface area contributed by atoms with Crippen LogP contribution >= 0.6 is 11.8 Å². The smallest absolute Gasteiger partial charge is 0.321 e. The molecule has 2 fully saturated rings. The summed E-state index contributed by atoms with van der Waals surface area (Å²) in [6.45, 7) is 5.88. The van der Waals surface area contributed by atoms with Crippen LogP contribution in [-0.4, -0.2) is 67.4 Å². The zero-order chi connectivity index (χ0) is 20.1. The molecule has 2 heterocycles. The molecule has 0 spiro atoms. The van der Waals surface area contributed by atoms with Crippen molar-refractivity contribution < 1.29 is 4.79 Å². The SMILES string of the molecule is CSc1ccc(NC(=O)N2CCC[C@@H](N3CCN(c4ccccc4)CC3)C2)cc1. The highest BCUT2D eigenvalue weighted by atomic mass is 32.2. The topological polar surface area (TPSA) is 38.8 Å². The van der Waals surface area contributed by atoms with Crippen molar-refractivity contribution >= 4 is 29.2 Å². The van der Waals surface area contributed by atoms with Gasteiger partial charge < -0.3 is 15.1 Å². The molecular weight excluding hydrogens is 380 g/mol. The van der Waals surface area contributed by atoms with Gasteiger partial charge >= 0.3 is 6.03 Å². The second-order valence-corrected chi connectivity index (χ2v) is 8.64. The van der Waals surface area contributed by atoms with Crippen LogP contribution in [0.1, 0.15) is 12.8 Å². The number of carbonyl (C=O) groups is 1. The van der Waals surface area contributed by atoms with E-state index >= 15 is 0 Å². The van der Waals surface area contributed by atoms with E-state index in [1.807, 2.05) is 29.2 Å². The van der Waals surface area contributed by atoms with Crippen molar-refractivity contribution in [3.05, 3.63) is 54.6 Å². The molecule has 2 aromatic rings. The maximum atomic E-state index is 12.8. The Balaban J connectivity index is 1.29. The van der Waals surface area contributed by atoms with Gasteiger partial charge in [-0.05, 0) is 55.5 Å². The fourth-order valence-corrected chi connectivity index (χ4v) is 4.71. The molecule has 2 aromatic carbocycles. The second kappa shape index (κ2) is 9.55. The number of likely N-dealkylation sites (tertiary alicyclic amines) is 1. The summed E-state index contributed by atoms with van der Waals surface area (Å²) in [6, 6.07) is 19.2. The minimum atomic E-state index is 0.0227. The highest BCUT2D eigenvalue weighted by Gasteiger charge is 2.30. The Morgan fingerprint density at radius 2 is 1.69 bits per heavy atom. The monoisotopic (exact) mass is 410 g/mol. The molecule has 1 atom stereocenters. The maximum Gasteiger partial charge on any atom is 0.321 e. The molecule has 0 radical (unpaired) electrons. The van der Waals surface area contributed by atoms with E-state index in [2.05, 4.69) is 51.7 Å². The van der Waals surface area contributed by atoms with Gasteiger partial charge in [0.2, 0.25) is 0 Å². The number of amides is 2. The lowest BCUT2D eigenvalue weighted by atomic mass is 10.0. The van der Waals surface area contributed by atoms with Gasteiger partial charge in [-0.15, -0.1) is 11.8 Å². The van der Waals surface area contributed by atoms with E-state index in [0.717, 1.165) is 51.4 Å². The minimum absolute atomic E-state index is 0.0227. The van der Waals surface area contributed by atoms with Crippen LogP contribution in [0.4, 0.5) is 16.2 Å². The second-order valence-electron chi connectivity index (χ2n) is 7.76. The molecule has 0 bridgehead atoms. The number of carbonyl (C=O) groups excluding carboxylic acids is 1. The molecule has 0 saturated carbocycles. The third-order valence-electron chi connectivity index (χ3n) is 5.98. The van der Waals surface area contributed by atoms with Crippen molar-refractivity contribution in [3.63, 3.8) is 0 Å². The van der Waals surface area contributed by atoms with E-state index in [1.54, 1.807) is 11.8 Å². The van der Waals surface area contributed by atoms with E-state index < -0.39 is 0 Å². The van der Waals surface area contributed by atoms with Crippen LogP contribution in [0.25, 0.3) is 0 Å². The molecule has 0 aliphatic carbocycles. The van der Waals surface area contributed by atoms with Crippen LogP contribution in [0.15, 0.2) is 59.5 Å². The third kappa shape index (κ3) is 5.06. The summed E-state index contributed by atoms with van der Waals surface area (Å²) < 4.78 is 0. The molecule has 4 rings (SSSR count). The van der Waals surface area contributed by atoms with Crippen molar-refractivity contribution in [3.8, 4) is 0 Å². The summed E-state index contributed by atoms with van der Waals surface area (Å²) in [5.41, 5.74) is 2.18. The van der Waals surface area contributed by atoms with Crippen molar-refractivity contribution in [2.45, 2.75) is 23.8 Å². The van der Waals surface area contributed by atoms with Gasteiger partial charge in [0.25, 0.3) is 0 Å². The summed E-state index contributed by atoms with van der Waals surface area (Å²) in [6.07, 6.45) is 4.31. The molecule has 2 saturated heterocycles. The van der Waals surface area contributed by atoms with Gasteiger partial charge in [0.05, 0.1) is 0 Å². The zero-order valence-electron chi connectivity index (χ0n) is 17.1. The van der Waals surface area contributed by atoms with Gasteiger partial charge in [-0.1, -0.05) is 18.2 Å². The third-order valence-corrected chi connectivity index (χ3v) is 6.72. The predicted molar refractivity (Wildman–Crippen MR) is 122 cm³/mol. The number of thioether (sulfide) groups is 1. The number of urea groups is 1. The standard InChI is InChI=1S/C23H30N4OS/c1-29-22-11-9-19(10-12-22)24-23(28)27-13-5-8-21(18-27)26-16-14-25(15-17-26)20-6-3-2-4-7-20/h2-4,6-7,9-12,21H,5,8,13-18H2,1H3,(H,24,28)/t21-/m1/s1. The summed E-state index contributed by atoms with van der Waals surface area (Å²) in [5.74, 6) is 0. The quantitative estimate of drug-likeness (QED) is 0.766. The Hall–Kier alpha value is -2.18. The molecule has 29 heavy (non-hydrogen) atoms. The lowest BCUT2D eigenvalue weighted by Gasteiger charge is -2.43. The van der Waals surface area contributed by atoms with Gasteiger partial charge in [0.15, 0.2) is 0 Å². The molecule has 0 unspecified atom stereocenters. The summed E-state index contributed by atoms with van der Waals surface area (Å²) >= 11 is 1.71. The fraction of sp³-hybridized carbons (Fsp3) is 0.435. The zero-order valence-corrected chi connectivity index (χ0v) is 17.9. The van der Waals surface area contributed by atoms with Gasteiger partial charge in [0.1, 0.15) is 0 Å². The average molecular weight is 411 g/mol. The molecule has 2 aliphatic heterocycles. The summed E-state index contributed by atoms with van der Waals surface area (Å²) in [7, 11) is 0. The number of para-hydroxylation sites is 1. The number of piperidine rings is 1. The Morgan fingerprint density at radius 3 is 2.38 bits per heavy atom.